The van der Waals surface area contributed by atoms with Gasteiger partial charge >= 0.3 is 0 Å². The fourth-order valence-corrected chi connectivity index (χ4v) is 3.84. The van der Waals surface area contributed by atoms with Crippen LogP contribution in [0, 0.1) is 5.82 Å². The van der Waals surface area contributed by atoms with E-state index in [-0.39, 0.29) is 12.2 Å². The molecule has 2 unspecified atom stereocenters. The SMILES string of the molecule is CC.CCOc1ccc(Cc2cc([C@@]3(OC)CC(O)[C@H](O)C(CF)O3)ccc2Cl)cc1F. The van der Waals surface area contributed by atoms with Crippen LogP contribution in [0.3, 0.4) is 0 Å². The monoisotopic (exact) mass is 472 g/mol. The van der Waals surface area contributed by atoms with Gasteiger partial charge in [-0.25, -0.2) is 8.78 Å². The predicted octanol–water partition coefficient (Wildman–Crippen LogP) is 4.77. The lowest BCUT2D eigenvalue weighted by molar-refractivity contribution is -0.320. The second-order valence-electron chi connectivity index (χ2n) is 7.21. The largest absolute Gasteiger partial charge is 0.491 e. The first-order valence-electron chi connectivity index (χ1n) is 10.7. The Balaban J connectivity index is 0.00000176. The van der Waals surface area contributed by atoms with Crippen molar-refractivity contribution in [3.05, 3.63) is 63.9 Å². The number of aliphatic hydroxyl groups excluding tert-OH is 2. The van der Waals surface area contributed by atoms with Crippen LogP contribution in [0.1, 0.15) is 43.9 Å². The number of ether oxygens (including phenoxy) is 3. The van der Waals surface area contributed by atoms with Gasteiger partial charge in [-0.1, -0.05) is 37.6 Å². The van der Waals surface area contributed by atoms with E-state index in [1.807, 2.05) is 13.8 Å². The lowest BCUT2D eigenvalue weighted by Gasteiger charge is -2.44. The van der Waals surface area contributed by atoms with Crippen molar-refractivity contribution in [2.24, 2.45) is 0 Å². The topological polar surface area (TPSA) is 68.2 Å². The Bertz CT molecular complexity index is 881. The Kier molecular flexibility index (Phi) is 9.85. The van der Waals surface area contributed by atoms with Crippen molar-refractivity contribution in [2.45, 2.75) is 57.7 Å². The number of hydrogen-bond donors (Lipinski definition) is 2. The molecule has 1 fully saturated rings. The first kappa shape index (κ1) is 26.5. The molecule has 0 saturated carbocycles. The van der Waals surface area contributed by atoms with E-state index in [1.54, 1.807) is 37.3 Å². The van der Waals surface area contributed by atoms with Crippen LogP contribution in [0.2, 0.25) is 5.02 Å². The quantitative estimate of drug-likeness (QED) is 0.607. The molecule has 2 aromatic carbocycles. The Labute approximate surface area is 192 Å². The molecule has 3 rings (SSSR count). The van der Waals surface area contributed by atoms with E-state index >= 15 is 0 Å². The van der Waals surface area contributed by atoms with Crippen molar-refractivity contribution < 1.29 is 33.2 Å². The molecule has 1 saturated heterocycles. The van der Waals surface area contributed by atoms with Gasteiger partial charge in [0, 0.05) is 24.1 Å². The first-order chi connectivity index (χ1) is 15.3. The molecule has 0 spiro atoms. The van der Waals surface area contributed by atoms with Gasteiger partial charge in [-0.3, -0.25) is 0 Å². The summed E-state index contributed by atoms with van der Waals surface area (Å²) in [5.41, 5.74) is 1.87. The van der Waals surface area contributed by atoms with Gasteiger partial charge in [0.15, 0.2) is 17.4 Å². The van der Waals surface area contributed by atoms with Crippen LogP contribution < -0.4 is 4.74 Å². The lowest BCUT2D eigenvalue weighted by Crippen LogP contribution is -2.54. The van der Waals surface area contributed by atoms with Crippen molar-refractivity contribution >= 4 is 11.6 Å². The van der Waals surface area contributed by atoms with E-state index in [4.69, 9.17) is 25.8 Å². The van der Waals surface area contributed by atoms with Crippen molar-refractivity contribution in [2.75, 3.05) is 20.4 Å². The summed E-state index contributed by atoms with van der Waals surface area (Å²) in [5.74, 6) is -1.73. The van der Waals surface area contributed by atoms with Gasteiger partial charge < -0.3 is 24.4 Å². The summed E-state index contributed by atoms with van der Waals surface area (Å²) >= 11 is 6.35. The number of methoxy groups -OCH3 is 1. The van der Waals surface area contributed by atoms with Crippen molar-refractivity contribution in [3.8, 4) is 5.75 Å². The third-order valence-corrected chi connectivity index (χ3v) is 5.62. The van der Waals surface area contributed by atoms with Gasteiger partial charge in [0.05, 0.1) is 12.7 Å². The summed E-state index contributed by atoms with van der Waals surface area (Å²) in [6, 6.07) is 9.73. The highest BCUT2D eigenvalue weighted by atomic mass is 35.5. The summed E-state index contributed by atoms with van der Waals surface area (Å²) in [5, 5.41) is 20.6. The molecule has 0 aliphatic carbocycles. The zero-order valence-corrected chi connectivity index (χ0v) is 19.5. The standard InChI is InChI=1S/C22H25ClF2O5.C2H6/c1-3-29-19-7-4-13(9-17(19)25)8-14-10-15(5-6-16(14)23)22(28-2)11-18(26)21(27)20(12-24)30-22;1-2/h4-7,9-10,18,20-21,26-27H,3,8,11-12H2,1-2H3;1-2H3/t18?,20?,21-,22+;/m0./s1. The summed E-state index contributed by atoms with van der Waals surface area (Å²) in [6.07, 6.45) is -3.56. The molecule has 5 nitrogen and oxygen atoms in total. The van der Waals surface area contributed by atoms with E-state index < -0.39 is 36.6 Å². The summed E-state index contributed by atoms with van der Waals surface area (Å²) in [6.45, 7) is 5.17. The maximum Gasteiger partial charge on any atom is 0.197 e. The Morgan fingerprint density at radius 2 is 1.91 bits per heavy atom. The predicted molar refractivity (Wildman–Crippen MR) is 119 cm³/mol. The molecule has 8 heteroatoms. The number of benzene rings is 2. The highest BCUT2D eigenvalue weighted by molar-refractivity contribution is 6.31. The van der Waals surface area contributed by atoms with Crippen molar-refractivity contribution in [1.82, 2.24) is 0 Å². The fraction of sp³-hybridized carbons (Fsp3) is 0.500. The Morgan fingerprint density at radius 1 is 1.19 bits per heavy atom. The van der Waals surface area contributed by atoms with Gasteiger partial charge in [0.25, 0.3) is 0 Å². The second kappa shape index (κ2) is 11.9. The number of aliphatic hydroxyl groups is 2. The summed E-state index contributed by atoms with van der Waals surface area (Å²) in [7, 11) is 1.38. The van der Waals surface area contributed by atoms with E-state index in [0.717, 1.165) is 0 Å². The van der Waals surface area contributed by atoms with Crippen LogP contribution in [0.15, 0.2) is 36.4 Å². The molecule has 1 heterocycles. The third-order valence-electron chi connectivity index (χ3n) is 5.25. The Morgan fingerprint density at radius 3 is 2.50 bits per heavy atom. The third kappa shape index (κ3) is 5.77. The van der Waals surface area contributed by atoms with Crippen LogP contribution in [0.5, 0.6) is 5.75 Å². The van der Waals surface area contributed by atoms with Gasteiger partial charge in [-0.2, -0.15) is 0 Å². The normalized spacial score (nSPS) is 25.1. The molecule has 0 amide bonds. The Hall–Kier alpha value is -1.77. The highest BCUT2D eigenvalue weighted by Gasteiger charge is 2.48. The van der Waals surface area contributed by atoms with Gasteiger partial charge in [0.2, 0.25) is 0 Å². The average molecular weight is 473 g/mol. The van der Waals surface area contributed by atoms with Crippen molar-refractivity contribution in [1.29, 1.82) is 0 Å². The number of rotatable bonds is 7. The van der Waals surface area contributed by atoms with Gasteiger partial charge in [-0.15, -0.1) is 0 Å². The first-order valence-corrected chi connectivity index (χ1v) is 11.1. The highest BCUT2D eigenvalue weighted by Crippen LogP contribution is 2.40. The molecular formula is C24H31ClF2O5. The molecule has 2 aromatic rings. The molecule has 0 aromatic heterocycles. The second-order valence-corrected chi connectivity index (χ2v) is 7.62. The van der Waals surface area contributed by atoms with Crippen LogP contribution in [-0.2, 0) is 21.7 Å². The zero-order valence-electron chi connectivity index (χ0n) is 18.8. The van der Waals surface area contributed by atoms with Gasteiger partial charge in [-0.05, 0) is 48.7 Å². The van der Waals surface area contributed by atoms with Gasteiger partial charge in [0.1, 0.15) is 18.9 Å². The number of alkyl halides is 1. The van der Waals surface area contributed by atoms with Crippen LogP contribution in [0.4, 0.5) is 8.78 Å². The number of halogens is 3. The number of hydrogen-bond acceptors (Lipinski definition) is 5. The molecule has 32 heavy (non-hydrogen) atoms. The minimum Gasteiger partial charge on any atom is -0.491 e. The maximum atomic E-state index is 14.2. The van der Waals surface area contributed by atoms with Crippen LogP contribution >= 0.6 is 11.6 Å². The zero-order chi connectivity index (χ0) is 23.9. The molecule has 2 N–H and O–H groups in total. The summed E-state index contributed by atoms with van der Waals surface area (Å²) < 4.78 is 44.0. The molecule has 178 valence electrons. The van der Waals surface area contributed by atoms with E-state index in [2.05, 4.69) is 0 Å². The van der Waals surface area contributed by atoms with E-state index in [0.29, 0.717) is 34.7 Å². The molecule has 0 bridgehead atoms. The minimum atomic E-state index is -1.45. The molecular weight excluding hydrogens is 442 g/mol. The molecule has 4 atom stereocenters. The molecule has 1 aliphatic heterocycles. The summed E-state index contributed by atoms with van der Waals surface area (Å²) in [4.78, 5) is 0. The smallest absolute Gasteiger partial charge is 0.197 e. The lowest BCUT2D eigenvalue weighted by atomic mass is 9.89. The maximum absolute atomic E-state index is 14.2. The fourth-order valence-electron chi connectivity index (χ4n) is 3.66. The average Bonchev–Trinajstić information content (AvgIpc) is 2.80. The minimum absolute atomic E-state index is 0.0834. The van der Waals surface area contributed by atoms with E-state index in [9.17, 15) is 19.0 Å². The van der Waals surface area contributed by atoms with Crippen molar-refractivity contribution in [3.63, 3.8) is 0 Å². The molecule has 0 radical (unpaired) electrons. The molecule has 1 aliphatic rings. The van der Waals surface area contributed by atoms with Crippen LogP contribution in [0.25, 0.3) is 0 Å². The van der Waals surface area contributed by atoms with E-state index in [1.165, 1.54) is 13.2 Å². The van der Waals surface area contributed by atoms with Crippen LogP contribution in [-0.4, -0.2) is 48.9 Å².